The van der Waals surface area contributed by atoms with Crippen molar-refractivity contribution < 1.29 is 9.00 Å². The van der Waals surface area contributed by atoms with Crippen LogP contribution in [-0.2, 0) is 15.6 Å². The highest BCUT2D eigenvalue weighted by Gasteiger charge is 2.23. The molecule has 1 heterocycles. The first-order chi connectivity index (χ1) is 10.1. The maximum atomic E-state index is 12.1. The Bertz CT molecular complexity index is 619. The van der Waals surface area contributed by atoms with Gasteiger partial charge in [0.25, 0.3) is 0 Å². The van der Waals surface area contributed by atoms with Crippen LogP contribution in [0.15, 0.2) is 35.2 Å². The van der Waals surface area contributed by atoms with Gasteiger partial charge in [0.05, 0.1) is 16.6 Å². The van der Waals surface area contributed by atoms with Crippen molar-refractivity contribution in [3.8, 4) is 12.3 Å². The third-order valence-corrected chi connectivity index (χ3v) is 4.65. The van der Waals surface area contributed by atoms with Gasteiger partial charge in [-0.25, -0.2) is 5.43 Å². The molecule has 2 N–H and O–H groups in total. The predicted molar refractivity (Wildman–Crippen MR) is 84.4 cm³/mol. The molecule has 3 atom stereocenters. The van der Waals surface area contributed by atoms with Crippen LogP contribution >= 0.6 is 0 Å². The standard InChI is InChI=1S/C16H18N2O2S/c1-3-10-21(20)15-7-5-4-6-13(15)8-9-14-12(2)11-16(19)18-17-14/h1,4-9,12,14,17H,10-11H2,2H3,(H,18,19)/b9-8+. The molecule has 1 fully saturated rings. The first kappa shape index (κ1) is 15.5. The van der Waals surface area contributed by atoms with Crippen LogP contribution in [0.3, 0.4) is 0 Å². The SMILES string of the molecule is C#CCS(=O)c1ccccc1/C=C/C1NNC(=O)CC1C. The Labute approximate surface area is 127 Å². The molecule has 21 heavy (non-hydrogen) atoms. The van der Waals surface area contributed by atoms with E-state index in [2.05, 4.69) is 16.8 Å². The highest BCUT2D eigenvalue weighted by Crippen LogP contribution is 2.18. The number of benzene rings is 1. The number of hydrazine groups is 1. The second-order valence-corrected chi connectivity index (χ2v) is 6.41. The minimum absolute atomic E-state index is 0.00248. The summed E-state index contributed by atoms with van der Waals surface area (Å²) in [6.07, 6.45) is 9.63. The summed E-state index contributed by atoms with van der Waals surface area (Å²) in [5.74, 6) is 2.84. The summed E-state index contributed by atoms with van der Waals surface area (Å²) in [7, 11) is -1.19. The van der Waals surface area contributed by atoms with Gasteiger partial charge >= 0.3 is 0 Å². The van der Waals surface area contributed by atoms with Crippen LogP contribution in [0.4, 0.5) is 0 Å². The van der Waals surface area contributed by atoms with Crippen LogP contribution < -0.4 is 10.9 Å². The molecule has 0 saturated carbocycles. The number of hydrogen-bond acceptors (Lipinski definition) is 3. The van der Waals surface area contributed by atoms with Crippen molar-refractivity contribution in [2.75, 3.05) is 5.75 Å². The van der Waals surface area contributed by atoms with E-state index in [9.17, 15) is 9.00 Å². The second kappa shape index (κ2) is 7.21. The number of rotatable bonds is 4. The molecule has 1 aromatic carbocycles. The lowest BCUT2D eigenvalue weighted by molar-refractivity contribution is -0.125. The Balaban J connectivity index is 2.16. The zero-order chi connectivity index (χ0) is 15.2. The molecule has 1 aromatic rings. The summed E-state index contributed by atoms with van der Waals surface area (Å²) in [5.41, 5.74) is 6.48. The Hall–Kier alpha value is -1.90. The first-order valence-corrected chi connectivity index (χ1v) is 8.07. The summed E-state index contributed by atoms with van der Waals surface area (Å²) < 4.78 is 12.1. The van der Waals surface area contributed by atoms with Crippen LogP contribution in [0.2, 0.25) is 0 Å². The number of terminal acetylenes is 1. The number of nitrogens with one attached hydrogen (secondary N) is 2. The molecule has 110 valence electrons. The minimum atomic E-state index is -1.19. The van der Waals surface area contributed by atoms with Gasteiger partial charge in [0.15, 0.2) is 0 Å². The van der Waals surface area contributed by atoms with Gasteiger partial charge < -0.3 is 0 Å². The molecule has 5 heteroatoms. The summed E-state index contributed by atoms with van der Waals surface area (Å²) in [4.78, 5) is 12.0. The lowest BCUT2D eigenvalue weighted by Gasteiger charge is -2.27. The Morgan fingerprint density at radius 1 is 1.48 bits per heavy atom. The summed E-state index contributed by atoms with van der Waals surface area (Å²) in [6, 6.07) is 7.54. The number of carbonyl (C=O) groups excluding carboxylic acids is 1. The van der Waals surface area contributed by atoms with Crippen LogP contribution in [0, 0.1) is 18.3 Å². The van der Waals surface area contributed by atoms with E-state index in [1.165, 1.54) is 0 Å². The number of amides is 1. The summed E-state index contributed by atoms with van der Waals surface area (Å²) >= 11 is 0. The minimum Gasteiger partial charge on any atom is -0.291 e. The molecule has 0 aliphatic carbocycles. The van der Waals surface area contributed by atoms with Crippen LogP contribution in [0.5, 0.6) is 0 Å². The van der Waals surface area contributed by atoms with E-state index in [0.29, 0.717) is 6.42 Å². The third-order valence-electron chi connectivity index (χ3n) is 3.36. The first-order valence-electron chi connectivity index (χ1n) is 6.75. The zero-order valence-electron chi connectivity index (χ0n) is 11.8. The third kappa shape index (κ3) is 4.03. The van der Waals surface area contributed by atoms with Crippen molar-refractivity contribution in [1.82, 2.24) is 10.9 Å². The van der Waals surface area contributed by atoms with Gasteiger partial charge in [-0.15, -0.1) is 6.42 Å². The number of carbonyl (C=O) groups is 1. The normalized spacial score (nSPS) is 23.5. The monoisotopic (exact) mass is 302 g/mol. The van der Waals surface area contributed by atoms with Gasteiger partial charge in [-0.2, -0.15) is 0 Å². The maximum Gasteiger partial charge on any atom is 0.234 e. The van der Waals surface area contributed by atoms with E-state index in [-0.39, 0.29) is 23.6 Å². The Morgan fingerprint density at radius 2 is 2.24 bits per heavy atom. The average molecular weight is 302 g/mol. The fourth-order valence-electron chi connectivity index (χ4n) is 2.20. The Morgan fingerprint density at radius 3 is 2.95 bits per heavy atom. The molecule has 0 radical (unpaired) electrons. The van der Waals surface area contributed by atoms with E-state index in [1.807, 2.05) is 43.3 Å². The van der Waals surface area contributed by atoms with E-state index < -0.39 is 10.8 Å². The highest BCUT2D eigenvalue weighted by molar-refractivity contribution is 7.85. The zero-order valence-corrected chi connectivity index (χ0v) is 12.7. The van der Waals surface area contributed by atoms with Gasteiger partial charge in [0, 0.05) is 17.4 Å². The number of hydrogen-bond donors (Lipinski definition) is 2. The van der Waals surface area contributed by atoms with Crippen molar-refractivity contribution in [2.24, 2.45) is 5.92 Å². The molecular weight excluding hydrogens is 284 g/mol. The molecule has 0 aromatic heterocycles. The van der Waals surface area contributed by atoms with E-state index in [0.717, 1.165) is 10.5 Å². The molecule has 3 unspecified atom stereocenters. The van der Waals surface area contributed by atoms with Crippen LogP contribution in [0.25, 0.3) is 6.08 Å². The molecular formula is C16H18N2O2S. The highest BCUT2D eigenvalue weighted by atomic mass is 32.2. The molecule has 1 amide bonds. The lowest BCUT2D eigenvalue weighted by atomic mass is 9.96. The van der Waals surface area contributed by atoms with Gasteiger partial charge in [-0.3, -0.25) is 14.4 Å². The van der Waals surface area contributed by atoms with Crippen molar-refractivity contribution in [3.63, 3.8) is 0 Å². The van der Waals surface area contributed by atoms with Crippen molar-refractivity contribution in [1.29, 1.82) is 0 Å². The molecule has 1 aliphatic rings. The summed E-state index contributed by atoms with van der Waals surface area (Å²) in [5, 5.41) is 0. The van der Waals surface area contributed by atoms with Crippen molar-refractivity contribution in [2.45, 2.75) is 24.3 Å². The van der Waals surface area contributed by atoms with Crippen molar-refractivity contribution in [3.05, 3.63) is 35.9 Å². The van der Waals surface area contributed by atoms with Gasteiger partial charge in [-0.05, 0) is 17.5 Å². The maximum absolute atomic E-state index is 12.1. The van der Waals surface area contributed by atoms with E-state index in [4.69, 9.17) is 6.42 Å². The van der Waals surface area contributed by atoms with Crippen LogP contribution in [-0.4, -0.2) is 21.9 Å². The second-order valence-electron chi connectivity index (χ2n) is 4.99. The predicted octanol–water partition coefficient (Wildman–Crippen LogP) is 1.47. The Kier molecular flexibility index (Phi) is 5.32. The molecule has 0 bridgehead atoms. The smallest absolute Gasteiger partial charge is 0.234 e. The quantitative estimate of drug-likeness (QED) is 0.828. The molecule has 1 aliphatic heterocycles. The summed E-state index contributed by atoms with van der Waals surface area (Å²) in [6.45, 7) is 2.02. The van der Waals surface area contributed by atoms with E-state index >= 15 is 0 Å². The molecule has 2 rings (SSSR count). The fraction of sp³-hybridized carbons (Fsp3) is 0.312. The van der Waals surface area contributed by atoms with E-state index in [1.54, 1.807) is 0 Å². The molecule has 1 saturated heterocycles. The average Bonchev–Trinajstić information content (AvgIpc) is 2.47. The van der Waals surface area contributed by atoms with Gasteiger partial charge in [-0.1, -0.05) is 43.2 Å². The van der Waals surface area contributed by atoms with Gasteiger partial charge in [0.1, 0.15) is 0 Å². The lowest BCUT2D eigenvalue weighted by Crippen LogP contribution is -2.52. The van der Waals surface area contributed by atoms with Crippen molar-refractivity contribution >= 4 is 22.8 Å². The topological polar surface area (TPSA) is 58.2 Å². The van der Waals surface area contributed by atoms with Crippen LogP contribution in [0.1, 0.15) is 18.9 Å². The fourth-order valence-corrected chi connectivity index (χ4v) is 3.14. The molecule has 4 nitrogen and oxygen atoms in total. The van der Waals surface area contributed by atoms with Gasteiger partial charge in [0.2, 0.25) is 5.91 Å². The molecule has 0 spiro atoms. The largest absolute Gasteiger partial charge is 0.291 e.